The Kier molecular flexibility index (Phi) is 7.52. The molecule has 0 saturated carbocycles. The average molecular weight is 553 g/mol. The monoisotopic (exact) mass is 552 g/mol. The molecular formula is C25H21BrN4O4S. The number of phenolic OH excluding ortho intramolecular Hbond substituents is 1. The predicted molar refractivity (Wildman–Crippen MR) is 141 cm³/mol. The number of hydrazone groups is 1. The lowest BCUT2D eigenvalue weighted by molar-refractivity contribution is -0.118. The third-order valence-corrected chi connectivity index (χ3v) is 6.65. The zero-order valence-corrected chi connectivity index (χ0v) is 21.3. The number of para-hydroxylation sites is 2. The first-order chi connectivity index (χ1) is 16.9. The second-order valence-corrected chi connectivity index (χ2v) is 9.27. The van der Waals surface area contributed by atoms with Gasteiger partial charge < -0.3 is 9.84 Å². The summed E-state index contributed by atoms with van der Waals surface area (Å²) in [5, 5.41) is 14.8. The summed E-state index contributed by atoms with van der Waals surface area (Å²) in [6, 6.07) is 17.9. The van der Waals surface area contributed by atoms with Crippen molar-refractivity contribution < 1.29 is 14.6 Å². The van der Waals surface area contributed by atoms with Gasteiger partial charge in [-0.1, -0.05) is 42.1 Å². The largest absolute Gasteiger partial charge is 0.503 e. The molecule has 0 fully saturated rings. The molecule has 10 heteroatoms. The van der Waals surface area contributed by atoms with Crippen LogP contribution in [0.2, 0.25) is 0 Å². The molecule has 4 aromatic rings. The molecule has 0 radical (unpaired) electrons. The van der Waals surface area contributed by atoms with Crippen molar-refractivity contribution in [1.82, 2.24) is 15.0 Å². The Morgan fingerprint density at radius 3 is 2.74 bits per heavy atom. The average Bonchev–Trinajstić information content (AvgIpc) is 2.85. The highest BCUT2D eigenvalue weighted by Gasteiger charge is 2.16. The Morgan fingerprint density at radius 2 is 1.97 bits per heavy atom. The number of carbonyl (C=O) groups is 1. The van der Waals surface area contributed by atoms with E-state index in [4.69, 9.17) is 4.74 Å². The zero-order chi connectivity index (χ0) is 24.9. The van der Waals surface area contributed by atoms with Gasteiger partial charge in [0.1, 0.15) is 0 Å². The lowest BCUT2D eigenvalue weighted by Crippen LogP contribution is -2.24. The van der Waals surface area contributed by atoms with Crippen molar-refractivity contribution in [2.75, 3.05) is 12.9 Å². The highest BCUT2D eigenvalue weighted by Crippen LogP contribution is 2.34. The van der Waals surface area contributed by atoms with Gasteiger partial charge in [0.05, 0.1) is 40.1 Å². The first-order valence-corrected chi connectivity index (χ1v) is 12.3. The smallest absolute Gasteiger partial charge is 0.266 e. The number of phenols is 1. The molecule has 0 atom stereocenters. The van der Waals surface area contributed by atoms with E-state index in [-0.39, 0.29) is 28.7 Å². The molecule has 35 heavy (non-hydrogen) atoms. The van der Waals surface area contributed by atoms with E-state index in [0.29, 0.717) is 31.8 Å². The molecule has 0 aliphatic heterocycles. The van der Waals surface area contributed by atoms with E-state index in [1.165, 1.54) is 13.3 Å². The van der Waals surface area contributed by atoms with E-state index >= 15 is 0 Å². The standard InChI is InChI=1S/C25H21BrN4O4S/c1-15-7-3-6-10-20(15)30-24(33)17-8-4-5-9-19(17)28-25(30)35-14-22(31)29-27-13-16-11-18(26)23(32)21(12-16)34-2/h3-13,32H,14H2,1-2H3,(H,29,31). The summed E-state index contributed by atoms with van der Waals surface area (Å²) in [6.45, 7) is 1.92. The summed E-state index contributed by atoms with van der Waals surface area (Å²) in [6.07, 6.45) is 1.44. The number of methoxy groups -OCH3 is 1. The summed E-state index contributed by atoms with van der Waals surface area (Å²) in [7, 11) is 1.44. The number of benzene rings is 3. The van der Waals surface area contributed by atoms with Gasteiger partial charge in [-0.2, -0.15) is 5.10 Å². The SMILES string of the molecule is COc1cc(C=NNC(=O)CSc2nc3ccccc3c(=O)n2-c2ccccc2C)cc(Br)c1O. The summed E-state index contributed by atoms with van der Waals surface area (Å²) < 4.78 is 7.09. The van der Waals surface area contributed by atoms with Gasteiger partial charge in [0, 0.05) is 0 Å². The van der Waals surface area contributed by atoms with Crippen molar-refractivity contribution in [2.45, 2.75) is 12.1 Å². The van der Waals surface area contributed by atoms with Crippen LogP contribution in [0.5, 0.6) is 11.5 Å². The Bertz CT molecular complexity index is 1500. The van der Waals surface area contributed by atoms with Crippen LogP contribution in [0.1, 0.15) is 11.1 Å². The third-order valence-electron chi connectivity index (χ3n) is 5.11. The quantitative estimate of drug-likeness (QED) is 0.152. The number of hydrogen-bond acceptors (Lipinski definition) is 7. The molecule has 0 bridgehead atoms. The number of ether oxygens (including phenoxy) is 1. The van der Waals surface area contributed by atoms with E-state index < -0.39 is 0 Å². The van der Waals surface area contributed by atoms with Gasteiger partial charge in [0.2, 0.25) is 0 Å². The molecule has 2 N–H and O–H groups in total. The van der Waals surface area contributed by atoms with E-state index in [1.54, 1.807) is 34.9 Å². The van der Waals surface area contributed by atoms with Crippen molar-refractivity contribution >= 4 is 50.7 Å². The fraction of sp³-hybridized carbons (Fsp3) is 0.120. The molecule has 0 unspecified atom stereocenters. The number of fused-ring (bicyclic) bond motifs is 1. The van der Waals surface area contributed by atoms with Gasteiger partial charge in [0.25, 0.3) is 11.5 Å². The minimum atomic E-state index is -0.366. The number of halogens is 1. The minimum Gasteiger partial charge on any atom is -0.503 e. The van der Waals surface area contributed by atoms with Crippen molar-refractivity contribution in [3.8, 4) is 17.2 Å². The van der Waals surface area contributed by atoms with Crippen LogP contribution in [-0.4, -0.2) is 39.6 Å². The molecule has 4 rings (SSSR count). The van der Waals surface area contributed by atoms with Crippen LogP contribution in [-0.2, 0) is 4.79 Å². The minimum absolute atomic E-state index is 0.00338. The maximum Gasteiger partial charge on any atom is 0.266 e. The van der Waals surface area contributed by atoms with E-state index in [2.05, 4.69) is 31.4 Å². The maximum atomic E-state index is 13.3. The highest BCUT2D eigenvalue weighted by molar-refractivity contribution is 9.10. The fourth-order valence-electron chi connectivity index (χ4n) is 3.40. The van der Waals surface area contributed by atoms with Crippen LogP contribution in [0.25, 0.3) is 16.6 Å². The normalized spacial score (nSPS) is 11.2. The number of rotatable bonds is 7. The van der Waals surface area contributed by atoms with Crippen LogP contribution in [0.4, 0.5) is 0 Å². The fourth-order valence-corrected chi connectivity index (χ4v) is 4.66. The molecule has 0 aliphatic rings. The lowest BCUT2D eigenvalue weighted by Gasteiger charge is -2.14. The van der Waals surface area contributed by atoms with E-state index in [9.17, 15) is 14.7 Å². The van der Waals surface area contributed by atoms with Crippen LogP contribution >= 0.6 is 27.7 Å². The second-order valence-electron chi connectivity index (χ2n) is 7.47. The molecule has 0 spiro atoms. The molecule has 3 aromatic carbocycles. The van der Waals surface area contributed by atoms with Gasteiger partial charge in [-0.3, -0.25) is 14.2 Å². The number of amides is 1. The number of carbonyl (C=O) groups excluding carboxylic acids is 1. The van der Waals surface area contributed by atoms with Crippen molar-refractivity contribution in [3.05, 3.63) is 86.6 Å². The summed E-state index contributed by atoms with van der Waals surface area (Å²) >= 11 is 4.40. The second kappa shape index (κ2) is 10.7. The molecule has 178 valence electrons. The van der Waals surface area contributed by atoms with E-state index in [1.807, 2.05) is 37.3 Å². The highest BCUT2D eigenvalue weighted by atomic mass is 79.9. The number of thioether (sulfide) groups is 1. The molecular weight excluding hydrogens is 532 g/mol. The van der Waals surface area contributed by atoms with Gasteiger partial charge in [-0.15, -0.1) is 0 Å². The van der Waals surface area contributed by atoms with Crippen LogP contribution in [0.15, 0.2) is 80.2 Å². The first kappa shape index (κ1) is 24.5. The van der Waals surface area contributed by atoms with Crippen LogP contribution < -0.4 is 15.7 Å². The zero-order valence-electron chi connectivity index (χ0n) is 18.9. The summed E-state index contributed by atoms with van der Waals surface area (Å²) in [5.74, 6) is -0.113. The van der Waals surface area contributed by atoms with Gasteiger partial charge >= 0.3 is 0 Å². The molecule has 1 heterocycles. The number of nitrogens with zero attached hydrogens (tertiary/aromatic N) is 3. The Morgan fingerprint density at radius 1 is 1.23 bits per heavy atom. The van der Waals surface area contributed by atoms with Crippen LogP contribution in [0, 0.1) is 6.92 Å². The maximum absolute atomic E-state index is 13.3. The number of aryl methyl sites for hydroxylation is 1. The molecule has 1 amide bonds. The summed E-state index contributed by atoms with van der Waals surface area (Å²) in [5.41, 5.74) is 5.08. The van der Waals surface area contributed by atoms with E-state index in [0.717, 1.165) is 17.3 Å². The number of aromatic nitrogens is 2. The Balaban J connectivity index is 1.55. The molecule has 8 nitrogen and oxygen atoms in total. The number of hydrogen-bond donors (Lipinski definition) is 2. The van der Waals surface area contributed by atoms with Gasteiger partial charge in [-0.25, -0.2) is 10.4 Å². The van der Waals surface area contributed by atoms with Crippen molar-refractivity contribution in [1.29, 1.82) is 0 Å². The predicted octanol–water partition coefficient (Wildman–Crippen LogP) is 4.41. The number of nitrogens with one attached hydrogen (secondary N) is 1. The lowest BCUT2D eigenvalue weighted by atomic mass is 10.2. The molecule has 0 aliphatic carbocycles. The number of aromatic hydroxyl groups is 1. The Labute approximate surface area is 213 Å². The summed E-state index contributed by atoms with van der Waals surface area (Å²) in [4.78, 5) is 30.5. The third kappa shape index (κ3) is 5.39. The van der Waals surface area contributed by atoms with Gasteiger partial charge in [-0.05, 0) is 64.3 Å². The van der Waals surface area contributed by atoms with Crippen molar-refractivity contribution in [2.24, 2.45) is 5.10 Å². The first-order valence-electron chi connectivity index (χ1n) is 10.5. The topological polar surface area (TPSA) is 106 Å². The Hall–Kier alpha value is -3.63. The molecule has 1 aromatic heterocycles. The van der Waals surface area contributed by atoms with Gasteiger partial charge in [0.15, 0.2) is 16.7 Å². The van der Waals surface area contributed by atoms with Crippen molar-refractivity contribution in [3.63, 3.8) is 0 Å². The molecule has 0 saturated heterocycles. The van der Waals surface area contributed by atoms with Crippen LogP contribution in [0.3, 0.4) is 0 Å².